The van der Waals surface area contributed by atoms with E-state index in [0.29, 0.717) is 0 Å². The molecule has 1 aliphatic rings. The summed E-state index contributed by atoms with van der Waals surface area (Å²) in [6.45, 7) is 1.86. The highest BCUT2D eigenvalue weighted by Crippen LogP contribution is 2.25. The molecule has 1 saturated heterocycles. The monoisotopic (exact) mass is 283 g/mol. The van der Waals surface area contributed by atoms with Gasteiger partial charge in [-0.15, -0.1) is 0 Å². The van der Waals surface area contributed by atoms with Crippen LogP contribution in [-0.2, 0) is 4.79 Å². The van der Waals surface area contributed by atoms with Crippen molar-refractivity contribution in [3.8, 4) is 0 Å². The largest absolute Gasteiger partial charge is 0.480 e. The zero-order valence-corrected chi connectivity index (χ0v) is 11.1. The van der Waals surface area contributed by atoms with Crippen LogP contribution in [0, 0.1) is 6.92 Å². The molecule has 2 rings (SSSR count). The molecule has 0 bridgehead atoms. The van der Waals surface area contributed by atoms with Gasteiger partial charge in [0.15, 0.2) is 0 Å². The molecular weight excluding hydrogens is 270 g/mol. The summed E-state index contributed by atoms with van der Waals surface area (Å²) in [7, 11) is 0. The number of halogens is 1. The number of carbonyl (C=O) groups excluding carboxylic acids is 1. The summed E-state index contributed by atoms with van der Waals surface area (Å²) < 4.78 is 0. The highest BCUT2D eigenvalue weighted by Gasteiger charge is 2.39. The lowest BCUT2D eigenvalue weighted by Crippen LogP contribution is -2.40. The van der Waals surface area contributed by atoms with E-state index in [1.165, 1.54) is 0 Å². The predicted molar refractivity (Wildman–Crippen MR) is 69.3 cm³/mol. The topological polar surface area (TPSA) is 77.8 Å². The molecule has 1 amide bonds. The number of aliphatic hydroxyl groups excluding tert-OH is 1. The molecule has 19 heavy (non-hydrogen) atoms. The molecule has 102 valence electrons. The number of carbonyl (C=O) groups is 2. The molecule has 0 aliphatic carbocycles. The Labute approximate surface area is 115 Å². The number of rotatable bonds is 2. The maximum absolute atomic E-state index is 12.3. The van der Waals surface area contributed by atoms with Gasteiger partial charge < -0.3 is 15.1 Å². The van der Waals surface area contributed by atoms with Gasteiger partial charge in [0.25, 0.3) is 5.91 Å². The van der Waals surface area contributed by atoms with Crippen molar-refractivity contribution in [2.45, 2.75) is 25.5 Å². The Hall–Kier alpha value is -1.59. The van der Waals surface area contributed by atoms with E-state index in [-0.39, 0.29) is 23.6 Å². The number of aliphatic carboxylic acids is 1. The first-order valence-corrected chi connectivity index (χ1v) is 6.26. The Morgan fingerprint density at radius 2 is 2.11 bits per heavy atom. The fraction of sp³-hybridized carbons (Fsp3) is 0.385. The molecule has 1 aliphatic heterocycles. The number of hydrogen-bond acceptors (Lipinski definition) is 3. The maximum atomic E-state index is 12.3. The van der Waals surface area contributed by atoms with Gasteiger partial charge in [0, 0.05) is 13.0 Å². The predicted octanol–water partition coefficient (Wildman–Crippen LogP) is 1.31. The number of benzene rings is 1. The zero-order valence-electron chi connectivity index (χ0n) is 10.3. The second kappa shape index (κ2) is 5.19. The average molecular weight is 284 g/mol. The molecule has 0 aromatic heterocycles. The van der Waals surface area contributed by atoms with Crippen molar-refractivity contribution in [3.05, 3.63) is 34.3 Å². The van der Waals surface area contributed by atoms with Gasteiger partial charge in [-0.3, -0.25) is 4.79 Å². The first-order valence-electron chi connectivity index (χ1n) is 5.88. The van der Waals surface area contributed by atoms with Crippen LogP contribution in [0.2, 0.25) is 5.02 Å². The van der Waals surface area contributed by atoms with Crippen molar-refractivity contribution in [1.29, 1.82) is 0 Å². The summed E-state index contributed by atoms with van der Waals surface area (Å²) in [5, 5.41) is 18.9. The van der Waals surface area contributed by atoms with Crippen LogP contribution in [0.25, 0.3) is 0 Å². The minimum Gasteiger partial charge on any atom is -0.480 e. The molecule has 2 atom stereocenters. The van der Waals surface area contributed by atoms with Crippen LogP contribution in [0.5, 0.6) is 0 Å². The van der Waals surface area contributed by atoms with Gasteiger partial charge in [0.2, 0.25) is 0 Å². The van der Waals surface area contributed by atoms with E-state index in [9.17, 15) is 14.7 Å². The number of carboxylic acids is 1. The van der Waals surface area contributed by atoms with Gasteiger partial charge in [-0.1, -0.05) is 17.7 Å². The first-order chi connectivity index (χ1) is 8.90. The second-order valence-corrected chi connectivity index (χ2v) is 5.09. The van der Waals surface area contributed by atoms with Gasteiger partial charge in [0.1, 0.15) is 6.04 Å². The van der Waals surface area contributed by atoms with Crippen molar-refractivity contribution in [2.75, 3.05) is 6.54 Å². The number of β-amino-alcohol motifs (C(OH)–C–C–N with tert-alkyl or cyclic N) is 1. The number of nitrogens with zero attached hydrogens (tertiary/aromatic N) is 1. The first kappa shape index (κ1) is 13.8. The van der Waals surface area contributed by atoms with E-state index < -0.39 is 24.0 Å². The number of carboxylic acid groups (broad SMARTS) is 1. The van der Waals surface area contributed by atoms with Gasteiger partial charge in [0.05, 0.1) is 16.7 Å². The minimum atomic E-state index is -1.12. The molecule has 0 saturated carbocycles. The fourth-order valence-electron chi connectivity index (χ4n) is 2.22. The van der Waals surface area contributed by atoms with Crippen LogP contribution in [0.4, 0.5) is 0 Å². The Bertz CT molecular complexity index is 531. The van der Waals surface area contributed by atoms with Crippen LogP contribution in [-0.4, -0.2) is 45.7 Å². The van der Waals surface area contributed by atoms with Gasteiger partial charge >= 0.3 is 5.97 Å². The van der Waals surface area contributed by atoms with Crippen molar-refractivity contribution in [3.63, 3.8) is 0 Å². The third-order valence-electron chi connectivity index (χ3n) is 3.18. The molecule has 1 heterocycles. The van der Waals surface area contributed by atoms with E-state index in [4.69, 9.17) is 16.7 Å². The van der Waals surface area contributed by atoms with E-state index in [1.807, 2.05) is 6.92 Å². The number of aliphatic hydroxyl groups is 1. The summed E-state index contributed by atoms with van der Waals surface area (Å²) in [4.78, 5) is 24.6. The molecule has 5 nitrogen and oxygen atoms in total. The molecule has 0 unspecified atom stereocenters. The van der Waals surface area contributed by atoms with Gasteiger partial charge in [-0.25, -0.2) is 4.79 Å². The standard InChI is InChI=1S/C13H14ClNO4/c1-7-2-3-9(10(14)4-7)12(17)15-6-8(16)5-11(15)13(18)19/h2-4,8,11,16H,5-6H2,1H3,(H,18,19)/t8-,11-/m0/s1. The normalized spacial score (nSPS) is 22.6. The Morgan fingerprint density at radius 1 is 1.42 bits per heavy atom. The molecule has 6 heteroatoms. The highest BCUT2D eigenvalue weighted by atomic mass is 35.5. The Kier molecular flexibility index (Phi) is 3.78. The van der Waals surface area contributed by atoms with Crippen molar-refractivity contribution in [1.82, 2.24) is 4.90 Å². The smallest absolute Gasteiger partial charge is 0.326 e. The maximum Gasteiger partial charge on any atom is 0.326 e. The van der Waals surface area contributed by atoms with E-state index in [0.717, 1.165) is 10.5 Å². The SMILES string of the molecule is Cc1ccc(C(=O)N2C[C@@H](O)C[C@H]2C(=O)O)c(Cl)c1. The highest BCUT2D eigenvalue weighted by molar-refractivity contribution is 6.34. The molecule has 1 fully saturated rings. The third kappa shape index (κ3) is 2.72. The summed E-state index contributed by atoms with van der Waals surface area (Å²) in [5.41, 5.74) is 1.17. The lowest BCUT2D eigenvalue weighted by Gasteiger charge is -2.21. The van der Waals surface area contributed by atoms with Crippen molar-refractivity contribution >= 4 is 23.5 Å². The van der Waals surface area contributed by atoms with Crippen molar-refractivity contribution in [2.24, 2.45) is 0 Å². The Morgan fingerprint density at radius 3 is 2.68 bits per heavy atom. The molecular formula is C13H14ClNO4. The lowest BCUT2D eigenvalue weighted by molar-refractivity contribution is -0.141. The number of hydrogen-bond donors (Lipinski definition) is 2. The van der Waals surface area contributed by atoms with E-state index in [1.54, 1.807) is 18.2 Å². The van der Waals surface area contributed by atoms with E-state index >= 15 is 0 Å². The minimum absolute atomic E-state index is 0.0139. The Balaban J connectivity index is 2.30. The zero-order chi connectivity index (χ0) is 14.2. The molecule has 1 aromatic carbocycles. The van der Waals surface area contributed by atoms with Crippen LogP contribution in [0.3, 0.4) is 0 Å². The quantitative estimate of drug-likeness (QED) is 0.858. The summed E-state index contributed by atoms with van der Waals surface area (Å²) >= 11 is 6.01. The van der Waals surface area contributed by atoms with Crippen LogP contribution in [0.15, 0.2) is 18.2 Å². The average Bonchev–Trinajstić information content (AvgIpc) is 2.70. The van der Waals surface area contributed by atoms with Crippen LogP contribution in [0.1, 0.15) is 22.3 Å². The van der Waals surface area contributed by atoms with Crippen LogP contribution < -0.4 is 0 Å². The van der Waals surface area contributed by atoms with Gasteiger partial charge in [-0.05, 0) is 24.6 Å². The van der Waals surface area contributed by atoms with Crippen LogP contribution >= 0.6 is 11.6 Å². The number of aryl methyl sites for hydroxylation is 1. The molecule has 0 spiro atoms. The van der Waals surface area contributed by atoms with E-state index in [2.05, 4.69) is 0 Å². The second-order valence-electron chi connectivity index (χ2n) is 4.68. The number of amides is 1. The molecule has 0 radical (unpaired) electrons. The molecule has 1 aromatic rings. The van der Waals surface area contributed by atoms with Gasteiger partial charge in [-0.2, -0.15) is 0 Å². The molecule has 2 N–H and O–H groups in total. The summed E-state index contributed by atoms with van der Waals surface area (Å²) in [6.07, 6.45) is -0.765. The fourth-order valence-corrected chi connectivity index (χ4v) is 2.54. The lowest BCUT2D eigenvalue weighted by atomic mass is 10.1. The van der Waals surface area contributed by atoms with Crippen molar-refractivity contribution < 1.29 is 19.8 Å². The summed E-state index contributed by atoms with van der Waals surface area (Å²) in [5.74, 6) is -1.58. The number of likely N-dealkylation sites (tertiary alicyclic amines) is 1. The summed E-state index contributed by atoms with van der Waals surface area (Å²) in [6, 6.07) is 3.96. The third-order valence-corrected chi connectivity index (χ3v) is 3.49.